The molecule has 5 aromatic rings. The molecule has 0 bridgehead atoms. The van der Waals surface area contributed by atoms with Crippen molar-refractivity contribution in [1.82, 2.24) is 4.98 Å². The van der Waals surface area contributed by atoms with Gasteiger partial charge in [0.25, 0.3) is 0 Å². The molecule has 6 nitrogen and oxygen atoms in total. The number of carbonyl (C=O) groups excluding carboxylic acids is 2. The van der Waals surface area contributed by atoms with Gasteiger partial charge in [-0.1, -0.05) is 84.9 Å². The van der Waals surface area contributed by atoms with E-state index in [9.17, 15) is 9.59 Å². The normalized spacial score (nSPS) is 11.5. The molecule has 0 amide bonds. The average Bonchev–Trinajstić information content (AvgIpc) is 3.41. The van der Waals surface area contributed by atoms with Crippen LogP contribution in [-0.4, -0.2) is 30.5 Å². The number of carbonyl (C=O) groups is 2. The van der Waals surface area contributed by atoms with Gasteiger partial charge in [-0.15, -0.1) is 11.3 Å². The number of hydrogen-bond acceptors (Lipinski definition) is 7. The molecular weight excluding hydrogens is 544 g/mol. The zero-order valence-electron chi connectivity index (χ0n) is 23.6. The van der Waals surface area contributed by atoms with Crippen LogP contribution in [0, 0.1) is 6.92 Å². The Kier molecular flexibility index (Phi) is 9.41. The summed E-state index contributed by atoms with van der Waals surface area (Å²) < 4.78 is 11.0. The molecule has 0 aliphatic rings. The molecule has 4 aromatic carbocycles. The number of benzene rings is 4. The Morgan fingerprint density at radius 1 is 0.857 bits per heavy atom. The number of para-hydroxylation sites is 1. The molecule has 42 heavy (non-hydrogen) atoms. The molecule has 5 rings (SSSR count). The molecule has 1 heterocycles. The number of aryl methyl sites for hydroxylation is 1. The van der Waals surface area contributed by atoms with Crippen LogP contribution in [0.15, 0.2) is 109 Å². The summed E-state index contributed by atoms with van der Waals surface area (Å²) in [4.78, 5) is 31.6. The number of ether oxygens (including phenoxy) is 2. The average molecular weight is 577 g/mol. The van der Waals surface area contributed by atoms with E-state index in [4.69, 9.17) is 14.5 Å². The van der Waals surface area contributed by atoms with Gasteiger partial charge >= 0.3 is 5.97 Å². The topological polar surface area (TPSA) is 77.5 Å². The van der Waals surface area contributed by atoms with Crippen molar-refractivity contribution in [3.63, 3.8) is 0 Å². The number of aromatic nitrogens is 1. The zero-order chi connectivity index (χ0) is 29.3. The molecule has 0 aliphatic heterocycles. The molecule has 0 radical (unpaired) electrons. The quantitative estimate of drug-likeness (QED) is 0.121. The standard InChI is InChI=1S/C35H32N2O4S/c1-24-30(37-35(42-24)27-13-7-4-8-14-27)21-22-41-28-19-17-25(18-20-28)32(23-33(38)40-2)36-31-16-10-9-15-29(31)34(39)26-11-5-3-6-12-26/h3-20,32,36H,21-23H2,1-2H3. The summed E-state index contributed by atoms with van der Waals surface area (Å²) in [6, 6.07) is 33.9. The predicted octanol–water partition coefficient (Wildman–Crippen LogP) is 7.69. The number of esters is 1. The van der Waals surface area contributed by atoms with Crippen molar-refractivity contribution in [1.29, 1.82) is 0 Å². The van der Waals surface area contributed by atoms with E-state index in [0.29, 0.717) is 29.8 Å². The van der Waals surface area contributed by atoms with Crippen LogP contribution in [0.3, 0.4) is 0 Å². The van der Waals surface area contributed by atoms with Crippen molar-refractivity contribution in [2.24, 2.45) is 0 Å². The minimum Gasteiger partial charge on any atom is -0.493 e. The number of anilines is 1. The maximum absolute atomic E-state index is 13.3. The molecule has 0 aliphatic carbocycles. The first-order chi connectivity index (χ1) is 20.5. The van der Waals surface area contributed by atoms with Gasteiger partial charge in [-0.3, -0.25) is 9.59 Å². The van der Waals surface area contributed by atoms with E-state index >= 15 is 0 Å². The fraction of sp³-hybridized carbons (Fsp3) is 0.171. The van der Waals surface area contributed by atoms with E-state index in [0.717, 1.165) is 27.6 Å². The van der Waals surface area contributed by atoms with Gasteiger partial charge in [-0.2, -0.15) is 0 Å². The van der Waals surface area contributed by atoms with E-state index in [2.05, 4.69) is 24.4 Å². The second-order valence-corrected chi connectivity index (χ2v) is 11.0. The molecule has 1 aromatic heterocycles. The minimum atomic E-state index is -0.412. The Balaban J connectivity index is 1.27. The second-order valence-electron chi connectivity index (χ2n) is 9.77. The number of rotatable bonds is 12. The molecule has 0 fully saturated rings. The molecule has 0 saturated heterocycles. The van der Waals surface area contributed by atoms with Gasteiger partial charge in [0.05, 0.1) is 31.9 Å². The summed E-state index contributed by atoms with van der Waals surface area (Å²) in [5, 5.41) is 4.43. The van der Waals surface area contributed by atoms with Gasteiger partial charge in [0.2, 0.25) is 0 Å². The van der Waals surface area contributed by atoms with Crippen molar-refractivity contribution < 1.29 is 19.1 Å². The van der Waals surface area contributed by atoms with Gasteiger partial charge in [-0.25, -0.2) is 4.98 Å². The summed E-state index contributed by atoms with van der Waals surface area (Å²) in [6.45, 7) is 2.59. The first-order valence-corrected chi connectivity index (χ1v) is 14.6. The predicted molar refractivity (Wildman–Crippen MR) is 167 cm³/mol. The van der Waals surface area contributed by atoms with E-state index in [1.165, 1.54) is 12.0 Å². The zero-order valence-corrected chi connectivity index (χ0v) is 24.4. The Morgan fingerprint density at radius 3 is 2.24 bits per heavy atom. The summed E-state index contributed by atoms with van der Waals surface area (Å²) in [7, 11) is 1.37. The van der Waals surface area contributed by atoms with Gasteiger partial charge in [-0.05, 0) is 36.8 Å². The van der Waals surface area contributed by atoms with Crippen LogP contribution in [0.1, 0.15) is 44.5 Å². The summed E-state index contributed by atoms with van der Waals surface area (Å²) >= 11 is 1.69. The highest BCUT2D eigenvalue weighted by Crippen LogP contribution is 2.30. The number of nitrogens with one attached hydrogen (secondary N) is 1. The highest BCUT2D eigenvalue weighted by molar-refractivity contribution is 7.15. The maximum atomic E-state index is 13.3. The van der Waals surface area contributed by atoms with Crippen LogP contribution in [0.25, 0.3) is 10.6 Å². The van der Waals surface area contributed by atoms with Gasteiger partial charge in [0.1, 0.15) is 10.8 Å². The van der Waals surface area contributed by atoms with Gasteiger partial charge in [0, 0.05) is 33.7 Å². The van der Waals surface area contributed by atoms with E-state index in [1.54, 1.807) is 29.5 Å². The Morgan fingerprint density at radius 2 is 1.52 bits per heavy atom. The SMILES string of the molecule is COC(=O)CC(Nc1ccccc1C(=O)c1ccccc1)c1ccc(OCCc2nc(-c3ccccc3)sc2C)cc1. The van der Waals surface area contributed by atoms with Crippen LogP contribution >= 0.6 is 11.3 Å². The fourth-order valence-corrected chi connectivity index (χ4v) is 5.63. The number of methoxy groups -OCH3 is 1. The minimum absolute atomic E-state index is 0.0921. The first-order valence-electron chi connectivity index (χ1n) is 13.8. The number of hydrogen-bond donors (Lipinski definition) is 1. The largest absolute Gasteiger partial charge is 0.493 e. The molecule has 1 N–H and O–H groups in total. The van der Waals surface area contributed by atoms with Crippen LogP contribution in [0.2, 0.25) is 0 Å². The van der Waals surface area contributed by atoms with Crippen molar-refractivity contribution in [2.45, 2.75) is 25.8 Å². The van der Waals surface area contributed by atoms with Crippen molar-refractivity contribution in [3.05, 3.63) is 136 Å². The van der Waals surface area contributed by atoms with Gasteiger partial charge in [0.15, 0.2) is 5.78 Å². The number of nitrogens with zero attached hydrogens (tertiary/aromatic N) is 1. The van der Waals surface area contributed by atoms with E-state index in [-0.39, 0.29) is 18.2 Å². The molecule has 0 saturated carbocycles. The monoisotopic (exact) mass is 576 g/mol. The molecule has 1 atom stereocenters. The van der Waals surface area contributed by atoms with Crippen LogP contribution in [0.5, 0.6) is 5.75 Å². The Labute approximate surface area is 250 Å². The first kappa shape index (κ1) is 28.8. The summed E-state index contributed by atoms with van der Waals surface area (Å²) in [5.41, 5.74) is 4.82. The molecular formula is C35H32N2O4S. The summed E-state index contributed by atoms with van der Waals surface area (Å²) in [5.74, 6) is 0.282. The highest BCUT2D eigenvalue weighted by Gasteiger charge is 2.20. The Bertz CT molecular complexity index is 1630. The van der Waals surface area contributed by atoms with E-state index < -0.39 is 6.04 Å². The van der Waals surface area contributed by atoms with Crippen LogP contribution in [-0.2, 0) is 16.0 Å². The molecule has 7 heteroatoms. The third-order valence-corrected chi connectivity index (χ3v) is 8.00. The lowest BCUT2D eigenvalue weighted by Gasteiger charge is -2.21. The third-order valence-electron chi connectivity index (χ3n) is 6.94. The highest BCUT2D eigenvalue weighted by atomic mass is 32.1. The van der Waals surface area contributed by atoms with Crippen molar-refractivity contribution >= 4 is 28.8 Å². The smallest absolute Gasteiger partial charge is 0.307 e. The van der Waals surface area contributed by atoms with Gasteiger partial charge < -0.3 is 14.8 Å². The number of thiazole rings is 1. The van der Waals surface area contributed by atoms with Crippen LogP contribution in [0.4, 0.5) is 5.69 Å². The molecule has 1 unspecified atom stereocenters. The van der Waals surface area contributed by atoms with Crippen molar-refractivity contribution in [2.75, 3.05) is 19.0 Å². The molecule has 212 valence electrons. The summed E-state index contributed by atoms with van der Waals surface area (Å²) in [6.07, 6.45) is 0.799. The fourth-order valence-electron chi connectivity index (χ4n) is 4.67. The lowest BCUT2D eigenvalue weighted by Crippen LogP contribution is -2.18. The Hall–Kier alpha value is -4.75. The van der Waals surface area contributed by atoms with Crippen molar-refractivity contribution in [3.8, 4) is 16.3 Å². The van der Waals surface area contributed by atoms with Crippen LogP contribution < -0.4 is 10.1 Å². The second kappa shape index (κ2) is 13.7. The maximum Gasteiger partial charge on any atom is 0.307 e. The number of ketones is 1. The third kappa shape index (κ3) is 7.11. The van der Waals surface area contributed by atoms with E-state index in [1.807, 2.05) is 78.9 Å². The lowest BCUT2D eigenvalue weighted by atomic mass is 9.99. The lowest BCUT2D eigenvalue weighted by molar-refractivity contribution is -0.140. The molecule has 0 spiro atoms.